The van der Waals surface area contributed by atoms with Crippen molar-refractivity contribution in [2.45, 2.75) is 6.92 Å². The van der Waals surface area contributed by atoms with Crippen LogP contribution in [0.4, 0.5) is 0 Å². The molecule has 0 bridgehead atoms. The molecule has 2 rings (SSSR count). The van der Waals surface area contributed by atoms with E-state index < -0.39 is 0 Å². The van der Waals surface area contributed by atoms with Crippen LogP contribution in [0, 0.1) is 5.92 Å². The van der Waals surface area contributed by atoms with Crippen molar-refractivity contribution in [2.24, 2.45) is 5.92 Å². The van der Waals surface area contributed by atoms with E-state index in [0.717, 1.165) is 4.88 Å². The molecule has 6 heteroatoms. The molecule has 5 nitrogen and oxygen atoms in total. The summed E-state index contributed by atoms with van der Waals surface area (Å²) in [5.74, 6) is 0.234. The number of rotatable bonds is 4. The van der Waals surface area contributed by atoms with Gasteiger partial charge in [-0.1, -0.05) is 13.0 Å². The van der Waals surface area contributed by atoms with Gasteiger partial charge >= 0.3 is 0 Å². The molecular weight excluding hydrogens is 274 g/mol. The van der Waals surface area contributed by atoms with Crippen molar-refractivity contribution in [1.82, 2.24) is 15.1 Å². The summed E-state index contributed by atoms with van der Waals surface area (Å²) in [6, 6.07) is 3.73. The third-order valence-electron chi connectivity index (χ3n) is 3.54. The van der Waals surface area contributed by atoms with Gasteiger partial charge in [0.25, 0.3) is 5.91 Å². The smallest absolute Gasteiger partial charge is 0.264 e. The van der Waals surface area contributed by atoms with Crippen molar-refractivity contribution in [1.29, 1.82) is 0 Å². The van der Waals surface area contributed by atoms with Crippen LogP contribution in [0.15, 0.2) is 17.5 Å². The molecule has 1 aliphatic rings. The maximum atomic E-state index is 12.2. The van der Waals surface area contributed by atoms with Crippen LogP contribution in [-0.2, 0) is 4.79 Å². The predicted octanol–water partition coefficient (Wildman–Crippen LogP) is 0.888. The topological polar surface area (TPSA) is 52.7 Å². The first-order valence-corrected chi connectivity index (χ1v) is 7.77. The molecule has 1 saturated heterocycles. The molecule has 1 aromatic heterocycles. The number of amides is 2. The zero-order chi connectivity index (χ0) is 14.5. The maximum Gasteiger partial charge on any atom is 0.264 e. The van der Waals surface area contributed by atoms with Crippen LogP contribution in [-0.4, -0.2) is 61.4 Å². The number of piperazine rings is 1. The normalized spacial score (nSPS) is 17.1. The van der Waals surface area contributed by atoms with Gasteiger partial charge in [0.15, 0.2) is 0 Å². The Balaban J connectivity index is 1.86. The number of thiophene rings is 1. The minimum absolute atomic E-state index is 0.0143. The standard InChI is InChI=1S/C14H21N3O2S/c1-11(10-15-2)13(18)16-5-7-17(8-6-16)14(19)12-4-3-9-20-12/h3-4,9,11,15H,5-8,10H2,1-2H3. The Bertz CT molecular complexity index is 453. The number of nitrogens with zero attached hydrogens (tertiary/aromatic N) is 2. The molecule has 110 valence electrons. The van der Waals surface area contributed by atoms with Crippen molar-refractivity contribution >= 4 is 23.2 Å². The van der Waals surface area contributed by atoms with Gasteiger partial charge in [-0.25, -0.2) is 0 Å². The SMILES string of the molecule is CNCC(C)C(=O)N1CCN(C(=O)c2cccs2)CC1. The van der Waals surface area contributed by atoms with E-state index in [0.29, 0.717) is 32.7 Å². The second kappa shape index (κ2) is 6.85. The number of carbonyl (C=O) groups excluding carboxylic acids is 2. The number of nitrogens with one attached hydrogen (secondary N) is 1. The van der Waals surface area contributed by atoms with Gasteiger partial charge in [-0.15, -0.1) is 11.3 Å². The Morgan fingerprint density at radius 2 is 1.95 bits per heavy atom. The summed E-state index contributed by atoms with van der Waals surface area (Å²) in [5.41, 5.74) is 0. The molecule has 1 aliphatic heterocycles. The molecule has 0 aromatic carbocycles. The molecule has 1 unspecified atom stereocenters. The zero-order valence-electron chi connectivity index (χ0n) is 12.0. The summed E-state index contributed by atoms with van der Waals surface area (Å²) < 4.78 is 0. The minimum Gasteiger partial charge on any atom is -0.339 e. The van der Waals surface area contributed by atoms with Gasteiger partial charge in [0.05, 0.1) is 4.88 Å². The van der Waals surface area contributed by atoms with Gasteiger partial charge in [-0.2, -0.15) is 0 Å². The van der Waals surface area contributed by atoms with Gasteiger partial charge in [0.2, 0.25) is 5.91 Å². The van der Waals surface area contributed by atoms with E-state index in [-0.39, 0.29) is 17.7 Å². The highest BCUT2D eigenvalue weighted by Gasteiger charge is 2.27. The lowest BCUT2D eigenvalue weighted by molar-refractivity contribution is -0.136. The van der Waals surface area contributed by atoms with E-state index in [1.54, 1.807) is 0 Å². The molecule has 1 fully saturated rings. The van der Waals surface area contributed by atoms with E-state index in [1.165, 1.54) is 11.3 Å². The Morgan fingerprint density at radius 3 is 2.50 bits per heavy atom. The van der Waals surface area contributed by atoms with Crippen LogP contribution in [0.3, 0.4) is 0 Å². The zero-order valence-corrected chi connectivity index (χ0v) is 12.8. The molecule has 0 saturated carbocycles. The summed E-state index contributed by atoms with van der Waals surface area (Å²) in [6.45, 7) is 5.12. The van der Waals surface area contributed by atoms with Gasteiger partial charge in [0, 0.05) is 38.6 Å². The second-order valence-electron chi connectivity index (χ2n) is 5.05. The maximum absolute atomic E-state index is 12.2. The van der Waals surface area contributed by atoms with Crippen LogP contribution >= 0.6 is 11.3 Å². The Labute approximate surface area is 123 Å². The largest absolute Gasteiger partial charge is 0.339 e. The molecule has 2 amide bonds. The first kappa shape index (κ1) is 15.0. The summed E-state index contributed by atoms with van der Waals surface area (Å²) in [7, 11) is 1.85. The molecular formula is C14H21N3O2S. The van der Waals surface area contributed by atoms with Crippen molar-refractivity contribution in [2.75, 3.05) is 39.8 Å². The van der Waals surface area contributed by atoms with Crippen molar-refractivity contribution in [3.8, 4) is 0 Å². The van der Waals surface area contributed by atoms with Crippen molar-refractivity contribution in [3.05, 3.63) is 22.4 Å². The van der Waals surface area contributed by atoms with Crippen LogP contribution < -0.4 is 5.32 Å². The van der Waals surface area contributed by atoms with Crippen LogP contribution in [0.5, 0.6) is 0 Å². The third-order valence-corrected chi connectivity index (χ3v) is 4.40. The third kappa shape index (κ3) is 3.37. The Kier molecular flexibility index (Phi) is 5.14. The molecule has 1 N–H and O–H groups in total. The number of hydrogen-bond acceptors (Lipinski definition) is 4. The van der Waals surface area contributed by atoms with Crippen LogP contribution in [0.1, 0.15) is 16.6 Å². The van der Waals surface area contributed by atoms with Gasteiger partial charge < -0.3 is 15.1 Å². The molecule has 0 spiro atoms. The second-order valence-corrected chi connectivity index (χ2v) is 6.00. The monoisotopic (exact) mass is 295 g/mol. The molecule has 0 radical (unpaired) electrons. The molecule has 2 heterocycles. The number of hydrogen-bond donors (Lipinski definition) is 1. The summed E-state index contributed by atoms with van der Waals surface area (Å²) in [6.07, 6.45) is 0. The van der Waals surface area contributed by atoms with Gasteiger partial charge in [-0.3, -0.25) is 9.59 Å². The summed E-state index contributed by atoms with van der Waals surface area (Å²) in [5, 5.41) is 4.93. The lowest BCUT2D eigenvalue weighted by atomic mass is 10.1. The van der Waals surface area contributed by atoms with Crippen molar-refractivity contribution in [3.63, 3.8) is 0 Å². The van der Waals surface area contributed by atoms with Gasteiger partial charge in [-0.05, 0) is 18.5 Å². The number of carbonyl (C=O) groups is 2. The van der Waals surface area contributed by atoms with Crippen LogP contribution in [0.2, 0.25) is 0 Å². The molecule has 1 aromatic rings. The fourth-order valence-corrected chi connectivity index (χ4v) is 3.08. The fourth-order valence-electron chi connectivity index (χ4n) is 2.39. The Hall–Kier alpha value is -1.40. The lowest BCUT2D eigenvalue weighted by Crippen LogP contribution is -2.52. The molecule has 1 atom stereocenters. The molecule has 20 heavy (non-hydrogen) atoms. The van der Waals surface area contributed by atoms with E-state index in [2.05, 4.69) is 5.32 Å². The average Bonchev–Trinajstić information content (AvgIpc) is 3.00. The summed E-state index contributed by atoms with van der Waals surface area (Å²) >= 11 is 1.46. The Morgan fingerprint density at radius 1 is 1.30 bits per heavy atom. The quantitative estimate of drug-likeness (QED) is 0.897. The highest BCUT2D eigenvalue weighted by molar-refractivity contribution is 7.12. The lowest BCUT2D eigenvalue weighted by Gasteiger charge is -2.35. The average molecular weight is 295 g/mol. The van der Waals surface area contributed by atoms with E-state index in [4.69, 9.17) is 0 Å². The highest BCUT2D eigenvalue weighted by Crippen LogP contribution is 2.14. The van der Waals surface area contributed by atoms with E-state index in [1.807, 2.05) is 41.3 Å². The minimum atomic E-state index is -0.0143. The van der Waals surface area contributed by atoms with Crippen molar-refractivity contribution < 1.29 is 9.59 Å². The first-order chi connectivity index (χ1) is 9.63. The van der Waals surface area contributed by atoms with E-state index in [9.17, 15) is 9.59 Å². The first-order valence-electron chi connectivity index (χ1n) is 6.89. The predicted molar refractivity (Wildman–Crippen MR) is 79.9 cm³/mol. The van der Waals surface area contributed by atoms with E-state index >= 15 is 0 Å². The van der Waals surface area contributed by atoms with Gasteiger partial charge in [0.1, 0.15) is 0 Å². The van der Waals surface area contributed by atoms with Crippen LogP contribution in [0.25, 0.3) is 0 Å². The highest BCUT2D eigenvalue weighted by atomic mass is 32.1. The fraction of sp³-hybridized carbons (Fsp3) is 0.571. The molecule has 0 aliphatic carbocycles. The summed E-state index contributed by atoms with van der Waals surface area (Å²) in [4.78, 5) is 28.8.